The number of carboxylic acids is 1. The summed E-state index contributed by atoms with van der Waals surface area (Å²) >= 11 is 0. The fourth-order valence-electron chi connectivity index (χ4n) is 3.16. The lowest BCUT2D eigenvalue weighted by atomic mass is 10.1. The third kappa shape index (κ3) is 4.31. The summed E-state index contributed by atoms with van der Waals surface area (Å²) < 4.78 is 55.5. The second kappa shape index (κ2) is 8.54. The molecule has 5 nitrogen and oxygen atoms in total. The normalized spacial score (nSPS) is 10.9. The molecule has 0 radical (unpaired) electrons. The highest BCUT2D eigenvalue weighted by Crippen LogP contribution is 2.26. The molecule has 0 fully saturated rings. The molecule has 0 saturated heterocycles. The Labute approximate surface area is 179 Å². The topological polar surface area (TPSA) is 67.2 Å². The largest absolute Gasteiger partial charge is 0.478 e. The van der Waals surface area contributed by atoms with Crippen molar-refractivity contribution in [3.63, 3.8) is 0 Å². The van der Waals surface area contributed by atoms with Crippen LogP contribution >= 0.6 is 0 Å². The summed E-state index contributed by atoms with van der Waals surface area (Å²) in [6.07, 6.45) is 1.62. The van der Waals surface area contributed by atoms with Gasteiger partial charge in [-0.15, -0.1) is 0 Å². The van der Waals surface area contributed by atoms with E-state index in [-0.39, 0.29) is 17.8 Å². The number of hydrogen-bond acceptors (Lipinski definition) is 3. The summed E-state index contributed by atoms with van der Waals surface area (Å²) in [7, 11) is 0. The van der Waals surface area contributed by atoms with Gasteiger partial charge >= 0.3 is 5.97 Å². The van der Waals surface area contributed by atoms with Gasteiger partial charge < -0.3 is 10.4 Å². The van der Waals surface area contributed by atoms with E-state index >= 15 is 0 Å². The lowest BCUT2D eigenvalue weighted by Gasteiger charge is -2.08. The van der Waals surface area contributed by atoms with Crippen molar-refractivity contribution in [2.75, 3.05) is 5.32 Å². The van der Waals surface area contributed by atoms with Crippen LogP contribution < -0.4 is 5.32 Å². The molecule has 0 atom stereocenters. The van der Waals surface area contributed by atoms with Crippen LogP contribution in [-0.2, 0) is 6.54 Å². The third-order valence-corrected chi connectivity index (χ3v) is 4.73. The number of aromatic nitrogens is 2. The van der Waals surface area contributed by atoms with Crippen molar-refractivity contribution < 1.29 is 27.5 Å². The lowest BCUT2D eigenvalue weighted by Crippen LogP contribution is -2.02. The molecule has 1 heterocycles. The summed E-state index contributed by atoms with van der Waals surface area (Å²) in [5.74, 6) is -5.75. The van der Waals surface area contributed by atoms with Crippen molar-refractivity contribution in [2.24, 2.45) is 0 Å². The maximum atomic E-state index is 13.8. The molecule has 0 spiro atoms. The Morgan fingerprint density at radius 1 is 0.969 bits per heavy atom. The summed E-state index contributed by atoms with van der Waals surface area (Å²) in [5, 5.41) is 16.4. The van der Waals surface area contributed by atoms with E-state index < -0.39 is 29.2 Å². The first-order chi connectivity index (χ1) is 15.3. The molecule has 0 amide bonds. The molecule has 0 bridgehead atoms. The molecule has 0 aliphatic rings. The molecule has 0 aliphatic heterocycles. The second-order valence-electron chi connectivity index (χ2n) is 6.92. The maximum Gasteiger partial charge on any atom is 0.335 e. The SMILES string of the molecule is O=C(O)c1ccc(-n2cc(CNc3cc(F)c(F)c(F)c3)c(-c3cccc(F)c3)n2)cc1. The molecular formula is C23H15F4N3O2. The number of hydrogen-bond donors (Lipinski definition) is 2. The number of rotatable bonds is 6. The number of benzene rings is 3. The summed E-state index contributed by atoms with van der Waals surface area (Å²) in [4.78, 5) is 11.1. The fraction of sp³-hybridized carbons (Fsp3) is 0.0435. The van der Waals surface area contributed by atoms with Gasteiger partial charge in [0.05, 0.1) is 16.9 Å². The molecule has 32 heavy (non-hydrogen) atoms. The van der Waals surface area contributed by atoms with E-state index in [4.69, 9.17) is 5.11 Å². The van der Waals surface area contributed by atoms with Crippen LogP contribution in [0.5, 0.6) is 0 Å². The van der Waals surface area contributed by atoms with Crippen molar-refractivity contribution in [3.05, 3.63) is 101 Å². The minimum absolute atomic E-state index is 0.0187. The fourth-order valence-corrected chi connectivity index (χ4v) is 3.16. The monoisotopic (exact) mass is 441 g/mol. The van der Waals surface area contributed by atoms with Crippen LogP contribution in [0.3, 0.4) is 0 Å². The van der Waals surface area contributed by atoms with Gasteiger partial charge in [0.2, 0.25) is 0 Å². The van der Waals surface area contributed by atoms with Crippen LogP contribution in [0.25, 0.3) is 16.9 Å². The number of aromatic carboxylic acids is 1. The van der Waals surface area contributed by atoms with Crippen LogP contribution in [0.15, 0.2) is 66.9 Å². The number of carboxylic acid groups (broad SMARTS) is 1. The van der Waals surface area contributed by atoms with E-state index in [1.807, 2.05) is 0 Å². The van der Waals surface area contributed by atoms with Gasteiger partial charge in [-0.2, -0.15) is 5.10 Å². The van der Waals surface area contributed by atoms with E-state index in [0.29, 0.717) is 22.5 Å². The number of anilines is 1. The Kier molecular flexibility index (Phi) is 5.63. The average molecular weight is 441 g/mol. The van der Waals surface area contributed by atoms with Gasteiger partial charge in [0.25, 0.3) is 0 Å². The van der Waals surface area contributed by atoms with Gasteiger partial charge in [-0.05, 0) is 36.4 Å². The highest BCUT2D eigenvalue weighted by molar-refractivity contribution is 5.87. The summed E-state index contributed by atoms with van der Waals surface area (Å²) in [6.45, 7) is 0.0452. The van der Waals surface area contributed by atoms with Crippen LogP contribution in [-0.4, -0.2) is 20.9 Å². The predicted octanol–water partition coefficient (Wildman–Crippen LogP) is 5.41. The van der Waals surface area contributed by atoms with Crippen molar-refractivity contribution in [3.8, 4) is 16.9 Å². The highest BCUT2D eigenvalue weighted by Gasteiger charge is 2.15. The van der Waals surface area contributed by atoms with Crippen LogP contribution in [0.4, 0.5) is 23.2 Å². The molecule has 4 aromatic rings. The Bertz CT molecular complexity index is 1280. The molecule has 2 N–H and O–H groups in total. The predicted molar refractivity (Wildman–Crippen MR) is 110 cm³/mol. The smallest absolute Gasteiger partial charge is 0.335 e. The van der Waals surface area contributed by atoms with Crippen LogP contribution in [0.1, 0.15) is 15.9 Å². The lowest BCUT2D eigenvalue weighted by molar-refractivity contribution is 0.0697. The Hall–Kier alpha value is -4.14. The molecule has 4 rings (SSSR count). The first-order valence-corrected chi connectivity index (χ1v) is 9.38. The molecular weight excluding hydrogens is 426 g/mol. The van der Waals surface area contributed by atoms with Crippen molar-refractivity contribution in [1.29, 1.82) is 0 Å². The number of nitrogens with zero attached hydrogens (tertiary/aromatic N) is 2. The van der Waals surface area contributed by atoms with Gasteiger partial charge in [0.15, 0.2) is 17.5 Å². The highest BCUT2D eigenvalue weighted by atomic mass is 19.2. The first-order valence-electron chi connectivity index (χ1n) is 9.38. The average Bonchev–Trinajstić information content (AvgIpc) is 3.20. The standard InChI is InChI=1S/C23H15F4N3O2/c24-16-3-1-2-14(8-16)22-15(11-28-17-9-19(25)21(27)20(26)10-17)12-30(29-22)18-6-4-13(5-7-18)23(31)32/h1-10,12,28H,11H2,(H,31,32). The molecule has 9 heteroatoms. The minimum Gasteiger partial charge on any atom is -0.478 e. The maximum absolute atomic E-state index is 13.8. The van der Waals surface area contributed by atoms with Crippen molar-refractivity contribution >= 4 is 11.7 Å². The molecule has 3 aromatic carbocycles. The van der Waals surface area contributed by atoms with E-state index in [0.717, 1.165) is 12.1 Å². The molecule has 162 valence electrons. The Morgan fingerprint density at radius 2 is 1.66 bits per heavy atom. The van der Waals surface area contributed by atoms with Crippen molar-refractivity contribution in [2.45, 2.75) is 6.54 Å². The van der Waals surface area contributed by atoms with E-state index in [2.05, 4.69) is 10.4 Å². The first kappa shape index (κ1) is 21.1. The molecule has 0 saturated carbocycles. The minimum atomic E-state index is -1.56. The summed E-state index contributed by atoms with van der Waals surface area (Å²) in [5.41, 5.74) is 2.11. The summed E-state index contributed by atoms with van der Waals surface area (Å²) in [6, 6.07) is 13.4. The number of nitrogens with one attached hydrogen (secondary N) is 1. The van der Waals surface area contributed by atoms with Gasteiger partial charge in [-0.1, -0.05) is 12.1 Å². The van der Waals surface area contributed by atoms with Crippen LogP contribution in [0, 0.1) is 23.3 Å². The van der Waals surface area contributed by atoms with Gasteiger partial charge in [-0.3, -0.25) is 0 Å². The number of halogens is 4. The van der Waals surface area contributed by atoms with Gasteiger partial charge in [0.1, 0.15) is 5.82 Å². The molecule has 1 aromatic heterocycles. The van der Waals surface area contributed by atoms with E-state index in [9.17, 15) is 22.4 Å². The number of carbonyl (C=O) groups is 1. The molecule has 0 unspecified atom stereocenters. The van der Waals surface area contributed by atoms with E-state index in [1.54, 1.807) is 24.4 Å². The molecule has 0 aliphatic carbocycles. The Morgan fingerprint density at radius 3 is 2.28 bits per heavy atom. The zero-order valence-electron chi connectivity index (χ0n) is 16.3. The quantitative estimate of drug-likeness (QED) is 0.310. The second-order valence-corrected chi connectivity index (χ2v) is 6.92. The zero-order valence-corrected chi connectivity index (χ0v) is 16.3. The van der Waals surface area contributed by atoms with Gasteiger partial charge in [-0.25, -0.2) is 27.0 Å². The van der Waals surface area contributed by atoms with E-state index in [1.165, 1.54) is 35.0 Å². The zero-order chi connectivity index (χ0) is 22.8. The van der Waals surface area contributed by atoms with Gasteiger partial charge in [0, 0.05) is 41.7 Å². The van der Waals surface area contributed by atoms with Crippen LogP contribution in [0.2, 0.25) is 0 Å². The third-order valence-electron chi connectivity index (χ3n) is 4.73. The van der Waals surface area contributed by atoms with Crippen molar-refractivity contribution in [1.82, 2.24) is 9.78 Å². The Balaban J connectivity index is 1.70.